The number of fused-ring (bicyclic) bond motifs is 2. The third kappa shape index (κ3) is 4.19. The second-order valence-electron chi connectivity index (χ2n) is 7.37. The molecule has 164 valence electrons. The standard InChI is InChI=1S/C22H20ClN5O4/c1-2-9-27(11-18-24-17-10-13(23)7-8-16(17)20(30)25-18)19(29)12-28-22(32)15-6-4-3-5-14(15)21(31)26-28/h3-8,10H,2,9,11-12H2,1H3,(H,26,31)(H,24,25,30). The average molecular weight is 454 g/mol. The van der Waals surface area contributed by atoms with Gasteiger partial charge < -0.3 is 9.88 Å². The molecule has 32 heavy (non-hydrogen) atoms. The smallest absolute Gasteiger partial charge is 0.273 e. The molecular weight excluding hydrogens is 434 g/mol. The number of carbonyl (C=O) groups excluding carboxylic acids is 1. The summed E-state index contributed by atoms with van der Waals surface area (Å²) in [7, 11) is 0. The number of benzene rings is 2. The van der Waals surface area contributed by atoms with Crippen LogP contribution in [0, 0.1) is 0 Å². The molecule has 0 atom stereocenters. The Kier molecular flexibility index (Phi) is 5.91. The fraction of sp³-hybridized carbons (Fsp3) is 0.227. The van der Waals surface area contributed by atoms with Crippen molar-refractivity contribution >= 4 is 39.2 Å². The van der Waals surface area contributed by atoms with Gasteiger partial charge in [-0.1, -0.05) is 30.7 Å². The van der Waals surface area contributed by atoms with Crippen LogP contribution >= 0.6 is 11.6 Å². The number of aromatic amines is 2. The fourth-order valence-corrected chi connectivity index (χ4v) is 3.74. The molecule has 9 nitrogen and oxygen atoms in total. The molecule has 0 unspecified atom stereocenters. The number of nitrogens with zero attached hydrogens (tertiary/aromatic N) is 3. The van der Waals surface area contributed by atoms with E-state index < -0.39 is 17.0 Å². The van der Waals surface area contributed by atoms with Gasteiger partial charge in [-0.25, -0.2) is 9.67 Å². The third-order valence-electron chi connectivity index (χ3n) is 5.08. The van der Waals surface area contributed by atoms with E-state index in [-0.39, 0.29) is 29.4 Å². The van der Waals surface area contributed by atoms with E-state index in [0.29, 0.717) is 34.7 Å². The minimum absolute atomic E-state index is 0.0386. The Morgan fingerprint density at radius 3 is 2.56 bits per heavy atom. The lowest BCUT2D eigenvalue weighted by molar-refractivity contribution is -0.132. The Bertz CT molecular complexity index is 1500. The number of carbonyl (C=O) groups is 1. The number of rotatable bonds is 6. The van der Waals surface area contributed by atoms with Crippen molar-refractivity contribution in [3.8, 4) is 0 Å². The number of aromatic nitrogens is 4. The zero-order valence-corrected chi connectivity index (χ0v) is 18.0. The first kappa shape index (κ1) is 21.5. The van der Waals surface area contributed by atoms with Crippen LogP contribution in [0.2, 0.25) is 5.02 Å². The lowest BCUT2D eigenvalue weighted by Crippen LogP contribution is -2.39. The number of halogens is 1. The van der Waals surface area contributed by atoms with Crippen LogP contribution in [0.3, 0.4) is 0 Å². The molecule has 0 bridgehead atoms. The minimum atomic E-state index is -0.461. The van der Waals surface area contributed by atoms with Crippen LogP contribution in [0.15, 0.2) is 56.8 Å². The van der Waals surface area contributed by atoms with Gasteiger partial charge in [0.1, 0.15) is 12.4 Å². The van der Waals surface area contributed by atoms with E-state index >= 15 is 0 Å². The zero-order chi connectivity index (χ0) is 22.8. The summed E-state index contributed by atoms with van der Waals surface area (Å²) in [5, 5.41) is 3.81. The van der Waals surface area contributed by atoms with E-state index in [0.717, 1.165) is 4.68 Å². The predicted molar refractivity (Wildman–Crippen MR) is 122 cm³/mol. The van der Waals surface area contributed by atoms with Crippen LogP contribution in [-0.4, -0.2) is 37.1 Å². The molecule has 0 saturated heterocycles. The fourth-order valence-electron chi connectivity index (χ4n) is 3.57. The molecule has 0 saturated carbocycles. The van der Waals surface area contributed by atoms with Crippen molar-refractivity contribution in [1.82, 2.24) is 24.6 Å². The maximum atomic E-state index is 13.0. The summed E-state index contributed by atoms with van der Waals surface area (Å²) in [6.45, 7) is 1.98. The van der Waals surface area contributed by atoms with Crippen molar-refractivity contribution in [2.75, 3.05) is 6.54 Å². The summed E-state index contributed by atoms with van der Waals surface area (Å²) in [4.78, 5) is 59.0. The van der Waals surface area contributed by atoms with Crippen molar-refractivity contribution < 1.29 is 4.79 Å². The van der Waals surface area contributed by atoms with Crippen molar-refractivity contribution in [3.05, 3.63) is 84.4 Å². The number of amides is 1. The molecule has 4 aromatic rings. The van der Waals surface area contributed by atoms with Gasteiger partial charge in [-0.2, -0.15) is 0 Å². The van der Waals surface area contributed by atoms with Crippen LogP contribution in [0.25, 0.3) is 21.7 Å². The van der Waals surface area contributed by atoms with Gasteiger partial charge in [0.15, 0.2) is 0 Å². The highest BCUT2D eigenvalue weighted by molar-refractivity contribution is 6.31. The highest BCUT2D eigenvalue weighted by atomic mass is 35.5. The molecule has 2 N–H and O–H groups in total. The molecule has 1 amide bonds. The van der Waals surface area contributed by atoms with Crippen molar-refractivity contribution in [3.63, 3.8) is 0 Å². The van der Waals surface area contributed by atoms with Crippen LogP contribution in [0.1, 0.15) is 19.2 Å². The quantitative estimate of drug-likeness (QED) is 0.462. The van der Waals surface area contributed by atoms with Crippen molar-refractivity contribution in [2.24, 2.45) is 0 Å². The summed E-state index contributed by atoms with van der Waals surface area (Å²) in [6.07, 6.45) is 0.651. The first-order chi connectivity index (χ1) is 15.4. The topological polar surface area (TPSA) is 121 Å². The summed E-state index contributed by atoms with van der Waals surface area (Å²) in [5.74, 6) is -0.0976. The normalized spacial score (nSPS) is 11.2. The second kappa shape index (κ2) is 8.80. The second-order valence-corrected chi connectivity index (χ2v) is 7.80. The molecule has 2 aromatic heterocycles. The maximum Gasteiger partial charge on any atom is 0.273 e. The van der Waals surface area contributed by atoms with Gasteiger partial charge in [-0.3, -0.25) is 24.3 Å². The number of H-pyrrole nitrogens is 2. The van der Waals surface area contributed by atoms with Gasteiger partial charge in [0.05, 0.1) is 28.2 Å². The zero-order valence-electron chi connectivity index (χ0n) is 17.2. The lowest BCUT2D eigenvalue weighted by Gasteiger charge is -2.22. The largest absolute Gasteiger partial charge is 0.334 e. The predicted octanol–water partition coefficient (Wildman–Crippen LogP) is 2.02. The van der Waals surface area contributed by atoms with Gasteiger partial charge in [-0.15, -0.1) is 0 Å². The van der Waals surface area contributed by atoms with Gasteiger partial charge in [0.2, 0.25) is 5.91 Å². The molecule has 10 heteroatoms. The van der Waals surface area contributed by atoms with Crippen LogP contribution in [0.5, 0.6) is 0 Å². The van der Waals surface area contributed by atoms with E-state index in [4.69, 9.17) is 11.6 Å². The number of nitrogens with one attached hydrogen (secondary N) is 2. The highest BCUT2D eigenvalue weighted by Crippen LogP contribution is 2.15. The Morgan fingerprint density at radius 1 is 1.06 bits per heavy atom. The molecule has 0 aliphatic rings. The molecule has 0 radical (unpaired) electrons. The Hall–Kier alpha value is -3.72. The molecule has 0 spiro atoms. The lowest BCUT2D eigenvalue weighted by atomic mass is 10.2. The summed E-state index contributed by atoms with van der Waals surface area (Å²) < 4.78 is 1.01. The third-order valence-corrected chi connectivity index (χ3v) is 5.32. The van der Waals surface area contributed by atoms with Crippen LogP contribution < -0.4 is 16.7 Å². The van der Waals surface area contributed by atoms with Crippen molar-refractivity contribution in [1.29, 1.82) is 0 Å². The average Bonchev–Trinajstić information content (AvgIpc) is 2.76. The first-order valence-corrected chi connectivity index (χ1v) is 10.4. The van der Waals surface area contributed by atoms with Gasteiger partial charge >= 0.3 is 0 Å². The molecule has 4 rings (SSSR count). The highest BCUT2D eigenvalue weighted by Gasteiger charge is 2.18. The molecule has 0 fully saturated rings. The van der Waals surface area contributed by atoms with Gasteiger partial charge in [-0.05, 0) is 36.8 Å². The molecule has 0 aliphatic carbocycles. The molecular formula is C22H20ClN5O4. The van der Waals surface area contributed by atoms with E-state index in [1.54, 1.807) is 42.5 Å². The summed E-state index contributed by atoms with van der Waals surface area (Å²) in [5.41, 5.74) is -0.819. The monoisotopic (exact) mass is 453 g/mol. The summed E-state index contributed by atoms with van der Waals surface area (Å²) >= 11 is 6.01. The molecule has 2 aromatic carbocycles. The summed E-state index contributed by atoms with van der Waals surface area (Å²) in [6, 6.07) is 11.2. The minimum Gasteiger partial charge on any atom is -0.334 e. The Morgan fingerprint density at radius 2 is 1.81 bits per heavy atom. The van der Waals surface area contributed by atoms with Crippen molar-refractivity contribution in [2.45, 2.75) is 26.4 Å². The van der Waals surface area contributed by atoms with Crippen LogP contribution in [0.4, 0.5) is 0 Å². The van der Waals surface area contributed by atoms with E-state index in [1.807, 2.05) is 6.92 Å². The Balaban J connectivity index is 1.64. The molecule has 2 heterocycles. The van der Waals surface area contributed by atoms with Gasteiger partial charge in [0.25, 0.3) is 16.7 Å². The molecule has 0 aliphatic heterocycles. The first-order valence-electron chi connectivity index (χ1n) is 10.1. The SMILES string of the molecule is CCCN(Cc1nc2cc(Cl)ccc2c(=O)[nH]1)C(=O)Cn1[nH]c(=O)c2ccccc2c1=O. The maximum absolute atomic E-state index is 13.0. The van der Waals surface area contributed by atoms with Gasteiger partial charge in [0, 0.05) is 11.6 Å². The van der Waals surface area contributed by atoms with E-state index in [2.05, 4.69) is 15.1 Å². The number of hydrogen-bond acceptors (Lipinski definition) is 5. The number of hydrogen-bond donors (Lipinski definition) is 2. The Labute approximate surface area is 186 Å². The van der Waals surface area contributed by atoms with E-state index in [9.17, 15) is 19.2 Å². The van der Waals surface area contributed by atoms with Crippen LogP contribution in [-0.2, 0) is 17.9 Å². The van der Waals surface area contributed by atoms with E-state index in [1.165, 1.54) is 4.90 Å².